The summed E-state index contributed by atoms with van der Waals surface area (Å²) in [5.41, 5.74) is 1.79. The van der Waals surface area contributed by atoms with Crippen LogP contribution in [0.2, 0.25) is 5.02 Å². The summed E-state index contributed by atoms with van der Waals surface area (Å²) in [7, 11) is 0. The van der Waals surface area contributed by atoms with Crippen LogP contribution in [0.3, 0.4) is 0 Å². The van der Waals surface area contributed by atoms with Crippen LogP contribution in [-0.4, -0.2) is 9.97 Å². The second kappa shape index (κ2) is 5.90. The van der Waals surface area contributed by atoms with E-state index >= 15 is 0 Å². The topological polar surface area (TPSA) is 55.0 Å². The lowest BCUT2D eigenvalue weighted by atomic mass is 9.85. The van der Waals surface area contributed by atoms with Crippen LogP contribution in [0, 0.1) is 0 Å². The summed E-state index contributed by atoms with van der Waals surface area (Å²) < 4.78 is 5.78. The van der Waals surface area contributed by atoms with E-state index < -0.39 is 5.56 Å². The highest BCUT2D eigenvalue weighted by atomic mass is 35.5. The summed E-state index contributed by atoms with van der Waals surface area (Å²) in [5.74, 6) is 0.787. The van der Waals surface area contributed by atoms with E-state index in [9.17, 15) is 4.79 Å². The van der Waals surface area contributed by atoms with Crippen LogP contribution < -0.4 is 10.3 Å². The average molecular weight is 307 g/mol. The Balaban J connectivity index is 2.49. The maximum Gasteiger partial charge on any atom is 0.273 e. The monoisotopic (exact) mass is 306 g/mol. The number of rotatable bonds is 3. The highest BCUT2D eigenvalue weighted by Crippen LogP contribution is 2.35. The molecule has 112 valence electrons. The van der Waals surface area contributed by atoms with E-state index in [-0.39, 0.29) is 16.3 Å². The Morgan fingerprint density at radius 1 is 1.33 bits per heavy atom. The van der Waals surface area contributed by atoms with Crippen molar-refractivity contribution in [2.75, 3.05) is 0 Å². The number of nitrogens with zero attached hydrogens (tertiary/aromatic N) is 1. The molecule has 2 rings (SSSR count). The second-order valence-electron chi connectivity index (χ2n) is 5.89. The second-order valence-corrected chi connectivity index (χ2v) is 6.26. The minimum absolute atomic E-state index is 0.0445. The standard InChI is InChI=1S/C16H19ClN2O2/c1-5-10-6-7-12(11(8-10)16(2,3)4)21-15-13(17)14(20)18-9-19-15/h6-9H,5H2,1-4H3,(H,18,19,20). The Kier molecular flexibility index (Phi) is 4.37. The number of aromatic nitrogens is 2. The minimum atomic E-state index is -0.413. The first kappa shape index (κ1) is 15.6. The van der Waals surface area contributed by atoms with E-state index in [1.54, 1.807) is 0 Å². The molecule has 0 unspecified atom stereocenters. The molecule has 0 saturated heterocycles. The number of ether oxygens (including phenoxy) is 1. The van der Waals surface area contributed by atoms with Gasteiger partial charge in [0.2, 0.25) is 5.88 Å². The lowest BCUT2D eigenvalue weighted by Gasteiger charge is -2.23. The molecule has 1 heterocycles. The van der Waals surface area contributed by atoms with Crippen LogP contribution in [-0.2, 0) is 11.8 Å². The normalized spacial score (nSPS) is 11.5. The maximum absolute atomic E-state index is 11.5. The fraction of sp³-hybridized carbons (Fsp3) is 0.375. The predicted molar refractivity (Wildman–Crippen MR) is 84.5 cm³/mol. The number of H-pyrrole nitrogens is 1. The summed E-state index contributed by atoms with van der Waals surface area (Å²) in [6, 6.07) is 6.03. The maximum atomic E-state index is 11.5. The van der Waals surface area contributed by atoms with Gasteiger partial charge in [0.1, 0.15) is 5.75 Å². The van der Waals surface area contributed by atoms with Gasteiger partial charge in [-0.15, -0.1) is 0 Å². The van der Waals surface area contributed by atoms with Crippen LogP contribution >= 0.6 is 11.6 Å². The molecule has 21 heavy (non-hydrogen) atoms. The van der Waals surface area contributed by atoms with Gasteiger partial charge in [0, 0.05) is 5.56 Å². The van der Waals surface area contributed by atoms with Gasteiger partial charge in [-0.2, -0.15) is 0 Å². The predicted octanol–water partition coefficient (Wildman–Crippen LogP) is 4.08. The Morgan fingerprint density at radius 3 is 2.67 bits per heavy atom. The fourth-order valence-electron chi connectivity index (χ4n) is 2.01. The van der Waals surface area contributed by atoms with Gasteiger partial charge in [0.15, 0.2) is 5.02 Å². The molecule has 1 aromatic carbocycles. The summed E-state index contributed by atoms with van der Waals surface area (Å²) in [6.07, 6.45) is 2.23. The number of benzene rings is 1. The molecule has 2 aromatic rings. The van der Waals surface area contributed by atoms with Crippen molar-refractivity contribution in [3.8, 4) is 11.6 Å². The third-order valence-electron chi connectivity index (χ3n) is 3.23. The van der Waals surface area contributed by atoms with E-state index in [1.165, 1.54) is 11.9 Å². The van der Waals surface area contributed by atoms with Crippen molar-refractivity contribution >= 4 is 11.6 Å². The van der Waals surface area contributed by atoms with E-state index in [0.29, 0.717) is 5.75 Å². The smallest absolute Gasteiger partial charge is 0.273 e. The van der Waals surface area contributed by atoms with Crippen molar-refractivity contribution < 1.29 is 4.74 Å². The molecule has 1 N–H and O–H groups in total. The first-order chi connectivity index (χ1) is 9.82. The molecule has 0 fully saturated rings. The lowest BCUT2D eigenvalue weighted by Crippen LogP contribution is -2.14. The van der Waals surface area contributed by atoms with Crippen molar-refractivity contribution in [3.63, 3.8) is 0 Å². The van der Waals surface area contributed by atoms with E-state index in [4.69, 9.17) is 16.3 Å². The van der Waals surface area contributed by atoms with Crippen LogP contribution in [0.4, 0.5) is 0 Å². The number of nitrogens with one attached hydrogen (secondary N) is 1. The summed E-state index contributed by atoms with van der Waals surface area (Å²) in [6.45, 7) is 8.45. The van der Waals surface area contributed by atoms with Gasteiger partial charge in [-0.25, -0.2) is 4.98 Å². The number of hydrogen-bond acceptors (Lipinski definition) is 3. The van der Waals surface area contributed by atoms with Gasteiger partial charge < -0.3 is 9.72 Å². The largest absolute Gasteiger partial charge is 0.437 e. The molecule has 0 bridgehead atoms. The molecule has 0 amide bonds. The molecule has 0 atom stereocenters. The molecule has 5 heteroatoms. The van der Waals surface area contributed by atoms with Crippen LogP contribution in [0.15, 0.2) is 29.3 Å². The summed E-state index contributed by atoms with van der Waals surface area (Å²) >= 11 is 5.94. The van der Waals surface area contributed by atoms with Gasteiger partial charge in [-0.3, -0.25) is 4.79 Å². The molecule has 0 aliphatic rings. The Hall–Kier alpha value is -1.81. The quantitative estimate of drug-likeness (QED) is 0.929. The molecule has 1 aromatic heterocycles. The van der Waals surface area contributed by atoms with Gasteiger partial charge >= 0.3 is 0 Å². The third-order valence-corrected chi connectivity index (χ3v) is 3.56. The molecule has 4 nitrogen and oxygen atoms in total. The van der Waals surface area contributed by atoms with Gasteiger partial charge in [-0.05, 0) is 23.5 Å². The average Bonchev–Trinajstić information content (AvgIpc) is 2.43. The lowest BCUT2D eigenvalue weighted by molar-refractivity contribution is 0.438. The molecule has 0 aliphatic carbocycles. The first-order valence-corrected chi connectivity index (χ1v) is 7.25. The van der Waals surface area contributed by atoms with Crippen LogP contribution in [0.5, 0.6) is 11.6 Å². The molecular formula is C16H19ClN2O2. The molecule has 0 radical (unpaired) electrons. The highest BCUT2D eigenvalue weighted by molar-refractivity contribution is 6.31. The SMILES string of the molecule is CCc1ccc(Oc2nc[nH]c(=O)c2Cl)c(C(C)(C)C)c1. The summed E-state index contributed by atoms with van der Waals surface area (Å²) in [5, 5.41) is -0.0445. The van der Waals surface area contributed by atoms with Gasteiger partial charge in [-0.1, -0.05) is 51.4 Å². The van der Waals surface area contributed by atoms with Crippen LogP contribution in [0.25, 0.3) is 0 Å². The van der Waals surface area contributed by atoms with E-state index in [2.05, 4.69) is 43.7 Å². The number of aryl methyl sites for hydroxylation is 1. The first-order valence-electron chi connectivity index (χ1n) is 6.87. The molecule has 0 saturated carbocycles. The summed E-state index contributed by atoms with van der Waals surface area (Å²) in [4.78, 5) is 17.9. The van der Waals surface area contributed by atoms with Gasteiger partial charge in [0.05, 0.1) is 6.33 Å². The van der Waals surface area contributed by atoms with E-state index in [0.717, 1.165) is 12.0 Å². The number of halogens is 1. The van der Waals surface area contributed by atoms with Crippen molar-refractivity contribution in [1.82, 2.24) is 9.97 Å². The minimum Gasteiger partial charge on any atom is -0.437 e. The zero-order chi connectivity index (χ0) is 15.6. The molecule has 0 aliphatic heterocycles. The van der Waals surface area contributed by atoms with Crippen molar-refractivity contribution in [2.45, 2.75) is 39.5 Å². The zero-order valence-corrected chi connectivity index (χ0v) is 13.4. The van der Waals surface area contributed by atoms with Crippen molar-refractivity contribution in [2.24, 2.45) is 0 Å². The Labute approximate surface area is 129 Å². The molecule has 0 spiro atoms. The Bertz CT molecular complexity index is 702. The number of aromatic amines is 1. The number of hydrogen-bond donors (Lipinski definition) is 1. The molecular weight excluding hydrogens is 288 g/mol. The fourth-order valence-corrected chi connectivity index (χ4v) is 2.16. The van der Waals surface area contributed by atoms with Crippen molar-refractivity contribution in [3.05, 3.63) is 51.0 Å². The van der Waals surface area contributed by atoms with Crippen molar-refractivity contribution in [1.29, 1.82) is 0 Å². The highest BCUT2D eigenvalue weighted by Gasteiger charge is 2.21. The Morgan fingerprint density at radius 2 is 2.05 bits per heavy atom. The van der Waals surface area contributed by atoms with E-state index in [1.807, 2.05) is 12.1 Å². The van der Waals surface area contributed by atoms with Gasteiger partial charge in [0.25, 0.3) is 5.56 Å². The third kappa shape index (κ3) is 3.45. The van der Waals surface area contributed by atoms with Crippen LogP contribution in [0.1, 0.15) is 38.8 Å². The zero-order valence-electron chi connectivity index (χ0n) is 12.7.